The van der Waals surface area contributed by atoms with Gasteiger partial charge in [0.15, 0.2) is 0 Å². The van der Waals surface area contributed by atoms with Crippen molar-refractivity contribution in [1.82, 2.24) is 10.2 Å². The summed E-state index contributed by atoms with van der Waals surface area (Å²) in [5.74, 6) is 0.153. The summed E-state index contributed by atoms with van der Waals surface area (Å²) in [6, 6.07) is 6.03. The van der Waals surface area contributed by atoms with Crippen LogP contribution in [0.2, 0.25) is 10.0 Å². The number of ether oxygens (including phenoxy) is 1. The Kier molecular flexibility index (Phi) is 5.24. The third-order valence-corrected chi connectivity index (χ3v) is 4.80. The van der Waals surface area contributed by atoms with E-state index in [1.807, 2.05) is 12.1 Å². The van der Waals surface area contributed by atoms with Crippen molar-refractivity contribution in [1.29, 1.82) is 0 Å². The Morgan fingerprint density at radius 1 is 1.32 bits per heavy atom. The standard InChI is InChI=1S/C16H20Cl2N2O2/c17-13-4-1-11(9-14(13)18)15-10-20(7-8-22-15)6-5-16(21)19-12-2-3-12/h1,4,9,12,15H,2-3,5-8,10H2,(H,19,21)/t15-/m0/s1. The van der Waals surface area contributed by atoms with Gasteiger partial charge in [-0.2, -0.15) is 0 Å². The third-order valence-electron chi connectivity index (χ3n) is 4.06. The van der Waals surface area contributed by atoms with E-state index in [0.29, 0.717) is 29.1 Å². The van der Waals surface area contributed by atoms with Gasteiger partial charge in [-0.3, -0.25) is 9.69 Å². The fourth-order valence-electron chi connectivity index (χ4n) is 2.61. The van der Waals surface area contributed by atoms with Gasteiger partial charge in [-0.05, 0) is 30.5 Å². The van der Waals surface area contributed by atoms with Crippen LogP contribution in [0.5, 0.6) is 0 Å². The van der Waals surface area contributed by atoms with E-state index in [4.69, 9.17) is 27.9 Å². The number of hydrogen-bond acceptors (Lipinski definition) is 3. The molecular formula is C16H20Cl2N2O2. The van der Waals surface area contributed by atoms with E-state index in [-0.39, 0.29) is 12.0 Å². The zero-order valence-corrected chi connectivity index (χ0v) is 13.9. The lowest BCUT2D eigenvalue weighted by Crippen LogP contribution is -2.40. The van der Waals surface area contributed by atoms with E-state index in [1.54, 1.807) is 6.07 Å². The predicted octanol–water partition coefficient (Wildman–Crippen LogP) is 3.04. The van der Waals surface area contributed by atoms with Crippen molar-refractivity contribution in [2.45, 2.75) is 31.4 Å². The maximum atomic E-state index is 11.8. The molecule has 2 fully saturated rings. The minimum atomic E-state index is -0.0185. The topological polar surface area (TPSA) is 41.6 Å². The summed E-state index contributed by atoms with van der Waals surface area (Å²) >= 11 is 12.0. The molecule has 6 heteroatoms. The molecule has 0 radical (unpaired) electrons. The predicted molar refractivity (Wildman–Crippen MR) is 87.4 cm³/mol. The second kappa shape index (κ2) is 7.18. The van der Waals surface area contributed by atoms with Gasteiger partial charge in [-0.25, -0.2) is 0 Å². The molecule has 1 saturated heterocycles. The Hall–Kier alpha value is -0.810. The lowest BCUT2D eigenvalue weighted by Gasteiger charge is -2.33. The Morgan fingerprint density at radius 3 is 2.86 bits per heavy atom. The van der Waals surface area contributed by atoms with E-state index >= 15 is 0 Å². The van der Waals surface area contributed by atoms with Crippen LogP contribution in [-0.2, 0) is 9.53 Å². The SMILES string of the molecule is O=C(CCN1CCO[C@H](c2ccc(Cl)c(Cl)c2)C1)NC1CC1. The summed E-state index contributed by atoms with van der Waals surface area (Å²) in [6.45, 7) is 3.05. The molecule has 1 aromatic carbocycles. The van der Waals surface area contributed by atoms with Crippen LogP contribution in [0.15, 0.2) is 18.2 Å². The minimum absolute atomic E-state index is 0.0185. The highest BCUT2D eigenvalue weighted by atomic mass is 35.5. The number of amides is 1. The van der Waals surface area contributed by atoms with E-state index in [1.165, 1.54) is 0 Å². The Labute approximate surface area is 140 Å². The number of nitrogens with zero attached hydrogens (tertiary/aromatic N) is 1. The summed E-state index contributed by atoms with van der Waals surface area (Å²) in [6.07, 6.45) is 2.78. The first-order chi connectivity index (χ1) is 10.6. The summed E-state index contributed by atoms with van der Waals surface area (Å²) in [4.78, 5) is 14.0. The molecule has 3 rings (SSSR count). The van der Waals surface area contributed by atoms with E-state index in [0.717, 1.165) is 38.0 Å². The highest BCUT2D eigenvalue weighted by Gasteiger charge is 2.25. The molecule has 22 heavy (non-hydrogen) atoms. The highest BCUT2D eigenvalue weighted by Crippen LogP contribution is 2.29. The van der Waals surface area contributed by atoms with Gasteiger partial charge in [0.1, 0.15) is 0 Å². The molecule has 1 aliphatic heterocycles. The zero-order valence-electron chi connectivity index (χ0n) is 12.4. The van der Waals surface area contributed by atoms with Crippen molar-refractivity contribution in [3.8, 4) is 0 Å². The minimum Gasteiger partial charge on any atom is -0.371 e. The van der Waals surface area contributed by atoms with Crippen LogP contribution in [0.4, 0.5) is 0 Å². The lowest BCUT2D eigenvalue weighted by atomic mass is 10.1. The van der Waals surface area contributed by atoms with E-state index in [9.17, 15) is 4.79 Å². The molecule has 2 aliphatic rings. The van der Waals surface area contributed by atoms with Gasteiger partial charge < -0.3 is 10.1 Å². The van der Waals surface area contributed by atoms with Crippen LogP contribution in [-0.4, -0.2) is 43.1 Å². The van der Waals surface area contributed by atoms with Crippen LogP contribution < -0.4 is 5.32 Å². The average molecular weight is 343 g/mol. The van der Waals surface area contributed by atoms with Crippen LogP contribution in [0.25, 0.3) is 0 Å². The number of nitrogens with one attached hydrogen (secondary N) is 1. The molecule has 0 bridgehead atoms. The average Bonchev–Trinajstić information content (AvgIpc) is 3.32. The normalized spacial score (nSPS) is 22.5. The molecular weight excluding hydrogens is 323 g/mol. The Bertz CT molecular complexity index is 549. The number of carbonyl (C=O) groups is 1. The van der Waals surface area contributed by atoms with Crippen molar-refractivity contribution in [3.05, 3.63) is 33.8 Å². The monoisotopic (exact) mass is 342 g/mol. The van der Waals surface area contributed by atoms with Crippen LogP contribution in [0.1, 0.15) is 30.9 Å². The summed E-state index contributed by atoms with van der Waals surface area (Å²) in [7, 11) is 0. The quantitative estimate of drug-likeness (QED) is 0.894. The molecule has 1 heterocycles. The molecule has 0 unspecified atom stereocenters. The molecule has 4 nitrogen and oxygen atoms in total. The van der Waals surface area contributed by atoms with Crippen molar-refractivity contribution in [2.75, 3.05) is 26.2 Å². The number of rotatable bonds is 5. The molecule has 1 saturated carbocycles. The van der Waals surface area contributed by atoms with Crippen LogP contribution >= 0.6 is 23.2 Å². The second-order valence-electron chi connectivity index (χ2n) is 5.93. The van der Waals surface area contributed by atoms with Crippen LogP contribution in [0.3, 0.4) is 0 Å². The lowest BCUT2D eigenvalue weighted by molar-refractivity contribution is -0.122. The molecule has 1 aromatic rings. The van der Waals surface area contributed by atoms with Gasteiger partial charge in [-0.15, -0.1) is 0 Å². The Balaban J connectivity index is 1.51. The molecule has 1 N–H and O–H groups in total. The summed E-state index contributed by atoms with van der Waals surface area (Å²) in [5, 5.41) is 4.12. The van der Waals surface area contributed by atoms with Gasteiger partial charge in [0.05, 0.1) is 22.8 Å². The second-order valence-corrected chi connectivity index (χ2v) is 6.74. The summed E-state index contributed by atoms with van der Waals surface area (Å²) in [5.41, 5.74) is 1.03. The Morgan fingerprint density at radius 2 is 2.14 bits per heavy atom. The number of morpholine rings is 1. The van der Waals surface area contributed by atoms with Gasteiger partial charge >= 0.3 is 0 Å². The maximum Gasteiger partial charge on any atom is 0.221 e. The van der Waals surface area contributed by atoms with Crippen molar-refractivity contribution in [2.24, 2.45) is 0 Å². The number of hydrogen-bond donors (Lipinski definition) is 1. The molecule has 120 valence electrons. The molecule has 1 atom stereocenters. The summed E-state index contributed by atoms with van der Waals surface area (Å²) < 4.78 is 5.83. The van der Waals surface area contributed by atoms with Gasteiger partial charge in [0.25, 0.3) is 0 Å². The number of benzene rings is 1. The maximum absolute atomic E-state index is 11.8. The van der Waals surface area contributed by atoms with Crippen molar-refractivity contribution >= 4 is 29.1 Å². The highest BCUT2D eigenvalue weighted by molar-refractivity contribution is 6.42. The number of halogens is 2. The van der Waals surface area contributed by atoms with Gasteiger partial charge in [0.2, 0.25) is 5.91 Å². The van der Waals surface area contributed by atoms with Crippen molar-refractivity contribution < 1.29 is 9.53 Å². The molecule has 0 spiro atoms. The smallest absolute Gasteiger partial charge is 0.221 e. The first-order valence-corrected chi connectivity index (χ1v) is 8.45. The first kappa shape index (κ1) is 16.1. The van der Waals surface area contributed by atoms with Gasteiger partial charge in [-0.1, -0.05) is 29.3 Å². The van der Waals surface area contributed by atoms with Crippen LogP contribution in [0, 0.1) is 0 Å². The number of carbonyl (C=O) groups excluding carboxylic acids is 1. The molecule has 1 amide bonds. The largest absolute Gasteiger partial charge is 0.371 e. The fraction of sp³-hybridized carbons (Fsp3) is 0.562. The zero-order chi connectivity index (χ0) is 15.5. The molecule has 1 aliphatic carbocycles. The third kappa shape index (κ3) is 4.35. The molecule has 0 aromatic heterocycles. The van der Waals surface area contributed by atoms with Gasteiger partial charge in [0, 0.05) is 32.1 Å². The fourth-order valence-corrected chi connectivity index (χ4v) is 2.91. The first-order valence-electron chi connectivity index (χ1n) is 7.70. The van der Waals surface area contributed by atoms with E-state index < -0.39 is 0 Å². The van der Waals surface area contributed by atoms with E-state index in [2.05, 4.69) is 10.2 Å². The van der Waals surface area contributed by atoms with Crippen molar-refractivity contribution in [3.63, 3.8) is 0 Å².